The fraction of sp³-hybridized carbons (Fsp3) is 0.100. The lowest BCUT2D eigenvalue weighted by molar-refractivity contribution is 0.101. The van der Waals surface area contributed by atoms with Gasteiger partial charge in [-0.1, -0.05) is 26.5 Å². The van der Waals surface area contributed by atoms with E-state index in [1.54, 1.807) is 24.3 Å². The number of aromatic nitrogens is 2. The van der Waals surface area contributed by atoms with Crippen LogP contribution in [-0.4, -0.2) is 15.5 Å². The molecule has 4 nitrogen and oxygen atoms in total. The van der Waals surface area contributed by atoms with Gasteiger partial charge in [0.15, 0.2) is 5.69 Å². The van der Waals surface area contributed by atoms with Crippen molar-refractivity contribution in [2.75, 3.05) is 5.32 Å². The largest absolute Gasteiger partial charge is 0.321 e. The van der Waals surface area contributed by atoms with Crippen LogP contribution in [0, 0.1) is 0 Å². The van der Waals surface area contributed by atoms with E-state index in [4.69, 9.17) is 0 Å². The van der Waals surface area contributed by atoms with E-state index in [1.165, 1.54) is 0 Å². The number of carbonyl (C=O) groups is 1. The summed E-state index contributed by atoms with van der Waals surface area (Å²) in [6.45, 7) is 0. The van der Waals surface area contributed by atoms with E-state index >= 15 is 0 Å². The van der Waals surface area contributed by atoms with Gasteiger partial charge >= 0.3 is 0 Å². The Kier molecular flexibility index (Phi) is 3.97. The zero-order valence-electron chi connectivity index (χ0n) is 8.73. The molecule has 1 amide bonds. The molecule has 0 spiro atoms. The first-order valence-electron chi connectivity index (χ1n) is 4.75. The number of halogens is 3. The number of anilines is 1. The first kappa shape index (κ1) is 13.0. The maximum absolute atomic E-state index is 12.5. The van der Waals surface area contributed by atoms with Gasteiger partial charge in [-0.25, -0.2) is 8.78 Å². The average Bonchev–Trinajstić information content (AvgIpc) is 2.77. The summed E-state index contributed by atoms with van der Waals surface area (Å²) < 4.78 is 29.2. The lowest BCUT2D eigenvalue weighted by atomic mass is 10.3. The summed E-state index contributed by atoms with van der Waals surface area (Å²) in [5.41, 5.74) is -0.0875. The second-order valence-corrected chi connectivity index (χ2v) is 4.92. The molecule has 18 heavy (non-hydrogen) atoms. The molecule has 0 saturated heterocycles. The van der Waals surface area contributed by atoms with Crippen LogP contribution in [0.3, 0.4) is 0 Å². The molecule has 1 heterocycles. The van der Waals surface area contributed by atoms with Crippen molar-refractivity contribution in [3.05, 3.63) is 39.3 Å². The highest BCUT2D eigenvalue weighted by Gasteiger charge is 2.23. The maximum atomic E-state index is 12.5. The molecular weight excluding hydrogens is 328 g/mol. The summed E-state index contributed by atoms with van der Waals surface area (Å²) in [4.78, 5) is 11.6. The van der Waals surface area contributed by atoms with Crippen LogP contribution in [0.5, 0.6) is 0 Å². The van der Waals surface area contributed by atoms with E-state index in [2.05, 4.69) is 30.8 Å². The van der Waals surface area contributed by atoms with Gasteiger partial charge in [0, 0.05) is 10.2 Å². The minimum Gasteiger partial charge on any atom is -0.321 e. The number of rotatable bonds is 3. The molecule has 0 aliphatic carbocycles. The quantitative estimate of drug-likeness (QED) is 0.935. The first-order valence-corrected chi connectivity index (χ1v) is 6.32. The number of benzene rings is 1. The van der Waals surface area contributed by atoms with Gasteiger partial charge in [-0.15, -0.1) is 5.10 Å². The van der Waals surface area contributed by atoms with Gasteiger partial charge in [0.05, 0.1) is 0 Å². The van der Waals surface area contributed by atoms with E-state index in [9.17, 15) is 13.6 Å². The average molecular weight is 334 g/mol. The first-order chi connectivity index (χ1) is 8.58. The third kappa shape index (κ3) is 2.88. The van der Waals surface area contributed by atoms with Gasteiger partial charge in [-0.3, -0.25) is 4.79 Å². The minimum atomic E-state index is -2.81. The predicted octanol–water partition coefficient (Wildman–Crippen LogP) is 3.49. The molecule has 0 bridgehead atoms. The number of nitrogens with one attached hydrogen (secondary N) is 1. The highest BCUT2D eigenvalue weighted by atomic mass is 79.9. The van der Waals surface area contributed by atoms with Gasteiger partial charge < -0.3 is 5.32 Å². The summed E-state index contributed by atoms with van der Waals surface area (Å²) in [6.07, 6.45) is -2.81. The van der Waals surface area contributed by atoms with Crippen LogP contribution in [0.25, 0.3) is 0 Å². The van der Waals surface area contributed by atoms with Gasteiger partial charge in [0.1, 0.15) is 4.88 Å². The molecule has 0 saturated carbocycles. The topological polar surface area (TPSA) is 54.9 Å². The highest BCUT2D eigenvalue weighted by Crippen LogP contribution is 2.24. The van der Waals surface area contributed by atoms with Crippen molar-refractivity contribution >= 4 is 39.1 Å². The Bertz CT molecular complexity index is 576. The van der Waals surface area contributed by atoms with Crippen LogP contribution in [0.4, 0.5) is 14.5 Å². The van der Waals surface area contributed by atoms with Gasteiger partial charge in [0.25, 0.3) is 12.3 Å². The highest BCUT2D eigenvalue weighted by molar-refractivity contribution is 9.10. The zero-order valence-corrected chi connectivity index (χ0v) is 11.1. The van der Waals surface area contributed by atoms with Crippen molar-refractivity contribution in [3.8, 4) is 0 Å². The Hall–Kier alpha value is -1.41. The molecule has 1 aromatic carbocycles. The van der Waals surface area contributed by atoms with Crippen molar-refractivity contribution in [1.82, 2.24) is 9.59 Å². The van der Waals surface area contributed by atoms with Crippen LogP contribution < -0.4 is 5.32 Å². The molecule has 2 aromatic rings. The zero-order chi connectivity index (χ0) is 13.1. The Morgan fingerprint density at radius 1 is 1.44 bits per heavy atom. The number of carbonyl (C=O) groups excluding carboxylic acids is 1. The lowest BCUT2D eigenvalue weighted by Crippen LogP contribution is -2.12. The number of hydrogen-bond acceptors (Lipinski definition) is 4. The number of hydrogen-bond donors (Lipinski definition) is 1. The maximum Gasteiger partial charge on any atom is 0.283 e. The molecule has 0 atom stereocenters. The van der Waals surface area contributed by atoms with Gasteiger partial charge in [0.2, 0.25) is 0 Å². The van der Waals surface area contributed by atoms with Crippen molar-refractivity contribution in [3.63, 3.8) is 0 Å². The Labute approximate surface area is 113 Å². The number of nitrogens with zero attached hydrogens (tertiary/aromatic N) is 2. The summed E-state index contributed by atoms with van der Waals surface area (Å²) in [7, 11) is 0. The standard InChI is InChI=1S/C10H6BrF2N3OS/c11-5-2-1-3-6(4-5)14-10(17)8-7(9(12)13)15-16-18-8/h1-4,9H,(H,14,17). The van der Waals surface area contributed by atoms with Crippen LogP contribution in [0.15, 0.2) is 28.7 Å². The van der Waals surface area contributed by atoms with Crippen LogP contribution in [-0.2, 0) is 0 Å². The molecule has 94 valence electrons. The van der Waals surface area contributed by atoms with E-state index in [-0.39, 0.29) is 4.88 Å². The molecule has 1 aromatic heterocycles. The van der Waals surface area contributed by atoms with Crippen molar-refractivity contribution in [2.24, 2.45) is 0 Å². The molecular formula is C10H6BrF2N3OS. The SMILES string of the molecule is O=C(Nc1cccc(Br)c1)c1snnc1C(F)F. The fourth-order valence-corrected chi connectivity index (χ4v) is 2.22. The summed E-state index contributed by atoms with van der Waals surface area (Å²) in [5, 5.41) is 5.75. The molecule has 1 N–H and O–H groups in total. The Balaban J connectivity index is 2.20. The normalized spacial score (nSPS) is 10.7. The molecule has 0 unspecified atom stereocenters. The number of alkyl halides is 2. The predicted molar refractivity (Wildman–Crippen MR) is 67.0 cm³/mol. The number of amides is 1. The summed E-state index contributed by atoms with van der Waals surface area (Å²) in [5.74, 6) is -0.640. The molecule has 0 radical (unpaired) electrons. The molecule has 2 rings (SSSR count). The second-order valence-electron chi connectivity index (χ2n) is 3.25. The van der Waals surface area contributed by atoms with Crippen LogP contribution in [0.1, 0.15) is 21.8 Å². The van der Waals surface area contributed by atoms with E-state index in [1.807, 2.05) is 0 Å². The van der Waals surface area contributed by atoms with E-state index < -0.39 is 18.0 Å². The smallest absolute Gasteiger partial charge is 0.283 e. The molecule has 0 aliphatic rings. The second kappa shape index (κ2) is 5.49. The van der Waals surface area contributed by atoms with Crippen molar-refractivity contribution in [1.29, 1.82) is 0 Å². The summed E-state index contributed by atoms with van der Waals surface area (Å²) >= 11 is 3.89. The van der Waals surface area contributed by atoms with E-state index in [0.29, 0.717) is 17.2 Å². The van der Waals surface area contributed by atoms with Crippen LogP contribution in [0.2, 0.25) is 0 Å². The van der Waals surface area contributed by atoms with Crippen molar-refractivity contribution in [2.45, 2.75) is 6.43 Å². The lowest BCUT2D eigenvalue weighted by Gasteiger charge is -2.04. The van der Waals surface area contributed by atoms with Crippen molar-refractivity contribution < 1.29 is 13.6 Å². The fourth-order valence-electron chi connectivity index (χ4n) is 1.25. The van der Waals surface area contributed by atoms with Gasteiger partial charge in [-0.05, 0) is 29.7 Å². The monoisotopic (exact) mass is 333 g/mol. The molecule has 8 heteroatoms. The molecule has 0 aliphatic heterocycles. The van der Waals surface area contributed by atoms with E-state index in [0.717, 1.165) is 4.47 Å². The van der Waals surface area contributed by atoms with Crippen LogP contribution >= 0.6 is 27.5 Å². The Morgan fingerprint density at radius 3 is 2.89 bits per heavy atom. The minimum absolute atomic E-state index is 0.176. The Morgan fingerprint density at radius 2 is 2.22 bits per heavy atom. The third-order valence-electron chi connectivity index (χ3n) is 2.01. The van der Waals surface area contributed by atoms with Gasteiger partial charge in [-0.2, -0.15) is 0 Å². The third-order valence-corrected chi connectivity index (χ3v) is 3.24. The molecule has 0 fully saturated rings. The summed E-state index contributed by atoms with van der Waals surface area (Å²) in [6, 6.07) is 6.82.